The number of nitrogens with zero attached hydrogens (tertiary/aromatic N) is 1. The van der Waals surface area contributed by atoms with Crippen LogP contribution in [0, 0.1) is 0 Å². The minimum Gasteiger partial charge on any atom is -0.366 e. The molecule has 33 heavy (non-hydrogen) atoms. The molecule has 0 unspecified atom stereocenters. The van der Waals surface area contributed by atoms with Crippen LogP contribution in [-0.2, 0) is 13.0 Å². The number of unbranched alkanes of at least 4 members (excludes halogenated alkanes) is 2. The number of amides is 1. The van der Waals surface area contributed by atoms with Gasteiger partial charge in [-0.15, -0.1) is 0 Å². The van der Waals surface area contributed by atoms with Gasteiger partial charge >= 0.3 is 5.51 Å². The number of nitrogens with two attached hydrogens (primary N) is 1. The summed E-state index contributed by atoms with van der Waals surface area (Å²) in [4.78, 5) is 12.3. The SMILES string of the molecule is CCCCCc1ccc2c3c(C(N)=O)cccc3n(Cc3ccc(SC(F)(F)F)cc3)c2c1. The van der Waals surface area contributed by atoms with E-state index in [1.807, 2.05) is 18.2 Å². The van der Waals surface area contributed by atoms with Crippen molar-refractivity contribution in [1.82, 2.24) is 4.57 Å². The first kappa shape index (κ1) is 23.2. The number of halogens is 3. The molecule has 1 heterocycles. The highest BCUT2D eigenvalue weighted by Crippen LogP contribution is 2.37. The van der Waals surface area contributed by atoms with Crippen molar-refractivity contribution in [2.45, 2.75) is 49.6 Å². The van der Waals surface area contributed by atoms with Crippen LogP contribution in [0.4, 0.5) is 13.2 Å². The summed E-state index contributed by atoms with van der Waals surface area (Å²) in [5.74, 6) is -0.486. The number of benzene rings is 3. The van der Waals surface area contributed by atoms with Crippen molar-refractivity contribution in [2.24, 2.45) is 5.73 Å². The van der Waals surface area contributed by atoms with Crippen LogP contribution in [-0.4, -0.2) is 16.0 Å². The van der Waals surface area contributed by atoms with Gasteiger partial charge in [-0.3, -0.25) is 4.79 Å². The van der Waals surface area contributed by atoms with E-state index in [-0.39, 0.29) is 16.7 Å². The lowest BCUT2D eigenvalue weighted by Crippen LogP contribution is -2.11. The van der Waals surface area contributed by atoms with Crippen molar-refractivity contribution in [3.8, 4) is 0 Å². The van der Waals surface area contributed by atoms with E-state index in [0.717, 1.165) is 53.1 Å². The maximum atomic E-state index is 12.7. The highest BCUT2D eigenvalue weighted by Gasteiger charge is 2.29. The molecule has 1 aromatic heterocycles. The zero-order valence-electron chi connectivity index (χ0n) is 18.3. The normalized spacial score (nSPS) is 12.0. The van der Waals surface area contributed by atoms with Gasteiger partial charge in [-0.1, -0.05) is 50.1 Å². The lowest BCUT2D eigenvalue weighted by molar-refractivity contribution is -0.0328. The van der Waals surface area contributed by atoms with E-state index in [9.17, 15) is 18.0 Å². The number of carbonyl (C=O) groups excluding carboxylic acids is 1. The second-order valence-electron chi connectivity index (χ2n) is 8.15. The van der Waals surface area contributed by atoms with E-state index >= 15 is 0 Å². The minimum atomic E-state index is -4.31. The molecule has 172 valence electrons. The molecule has 3 nitrogen and oxygen atoms in total. The van der Waals surface area contributed by atoms with E-state index in [1.54, 1.807) is 18.2 Å². The van der Waals surface area contributed by atoms with Gasteiger partial charge in [0.2, 0.25) is 5.91 Å². The van der Waals surface area contributed by atoms with Crippen LogP contribution in [0.15, 0.2) is 65.6 Å². The van der Waals surface area contributed by atoms with Crippen LogP contribution in [0.1, 0.15) is 47.7 Å². The zero-order chi connectivity index (χ0) is 23.6. The Labute approximate surface area is 194 Å². The van der Waals surface area contributed by atoms with Gasteiger partial charge in [-0.2, -0.15) is 13.2 Å². The van der Waals surface area contributed by atoms with E-state index < -0.39 is 11.4 Å². The average molecular weight is 471 g/mol. The Morgan fingerprint density at radius 3 is 2.36 bits per heavy atom. The molecule has 1 amide bonds. The molecule has 7 heteroatoms. The molecule has 0 saturated carbocycles. The van der Waals surface area contributed by atoms with Crippen LogP contribution in [0.5, 0.6) is 0 Å². The molecule has 3 aromatic carbocycles. The molecule has 2 N–H and O–H groups in total. The van der Waals surface area contributed by atoms with Crippen molar-refractivity contribution in [1.29, 1.82) is 0 Å². The number of aryl methyl sites for hydroxylation is 1. The zero-order valence-corrected chi connectivity index (χ0v) is 19.1. The Balaban J connectivity index is 1.79. The third kappa shape index (κ3) is 5.19. The summed E-state index contributed by atoms with van der Waals surface area (Å²) in [7, 11) is 0. The predicted octanol–water partition coefficient (Wildman–Crippen LogP) is 7.29. The van der Waals surface area contributed by atoms with E-state index in [1.165, 1.54) is 17.7 Å². The van der Waals surface area contributed by atoms with Crippen LogP contribution in [0.3, 0.4) is 0 Å². The van der Waals surface area contributed by atoms with Crippen molar-refractivity contribution in [3.63, 3.8) is 0 Å². The monoisotopic (exact) mass is 470 g/mol. The third-order valence-electron chi connectivity index (χ3n) is 5.79. The molecule has 0 aliphatic rings. The van der Waals surface area contributed by atoms with Gasteiger partial charge in [0.1, 0.15) is 0 Å². The Kier molecular flexibility index (Phi) is 6.70. The number of fused-ring (bicyclic) bond motifs is 3. The number of hydrogen-bond acceptors (Lipinski definition) is 2. The summed E-state index contributed by atoms with van der Waals surface area (Å²) in [6, 6.07) is 18.2. The van der Waals surface area contributed by atoms with Gasteiger partial charge < -0.3 is 10.3 Å². The number of thioether (sulfide) groups is 1. The summed E-state index contributed by atoms with van der Waals surface area (Å²) in [6.07, 6.45) is 4.38. The number of aromatic nitrogens is 1. The number of hydrogen-bond donors (Lipinski definition) is 1. The van der Waals surface area contributed by atoms with E-state index in [2.05, 4.69) is 23.6 Å². The molecule has 0 radical (unpaired) electrons. The van der Waals surface area contributed by atoms with E-state index in [0.29, 0.717) is 12.1 Å². The van der Waals surface area contributed by atoms with E-state index in [4.69, 9.17) is 5.73 Å². The quantitative estimate of drug-likeness (QED) is 0.217. The van der Waals surface area contributed by atoms with Gasteiger partial charge in [-0.25, -0.2) is 0 Å². The first-order valence-corrected chi connectivity index (χ1v) is 11.8. The van der Waals surface area contributed by atoms with Gasteiger partial charge in [0.25, 0.3) is 0 Å². The highest BCUT2D eigenvalue weighted by atomic mass is 32.2. The summed E-state index contributed by atoms with van der Waals surface area (Å²) in [5, 5.41) is 1.76. The lowest BCUT2D eigenvalue weighted by atomic mass is 10.0. The Hall–Kier alpha value is -2.93. The number of rotatable bonds is 8. The molecule has 0 saturated heterocycles. The van der Waals surface area contributed by atoms with Crippen LogP contribution in [0.25, 0.3) is 21.8 Å². The second-order valence-corrected chi connectivity index (χ2v) is 9.29. The number of primary amides is 1. The summed E-state index contributed by atoms with van der Waals surface area (Å²) in [6.45, 7) is 2.64. The molecular weight excluding hydrogens is 445 g/mol. The molecule has 0 aliphatic heterocycles. The smallest absolute Gasteiger partial charge is 0.366 e. The van der Waals surface area contributed by atoms with Crippen LogP contribution in [0.2, 0.25) is 0 Å². The maximum Gasteiger partial charge on any atom is 0.446 e. The lowest BCUT2D eigenvalue weighted by Gasteiger charge is -2.10. The standard InChI is InChI=1S/C26H25F3N2OS/c1-2-3-4-6-17-11-14-20-23(15-17)31(22-8-5-7-21(24(20)22)25(30)32)16-18-9-12-19(13-10-18)33-26(27,28)29/h5,7-15H,2-4,6,16H2,1H3,(H2,30,32). The van der Waals surface area contributed by atoms with Crippen LogP contribution < -0.4 is 5.73 Å². The fourth-order valence-corrected chi connectivity index (χ4v) is 4.82. The minimum absolute atomic E-state index is 0.119. The van der Waals surface area contributed by atoms with Gasteiger partial charge in [0, 0.05) is 33.3 Å². The largest absolute Gasteiger partial charge is 0.446 e. The molecule has 0 atom stereocenters. The number of carbonyl (C=O) groups is 1. The first-order valence-electron chi connectivity index (χ1n) is 10.9. The molecule has 0 aliphatic carbocycles. The van der Waals surface area contributed by atoms with Crippen molar-refractivity contribution >= 4 is 39.5 Å². The maximum absolute atomic E-state index is 12.7. The second kappa shape index (κ2) is 9.51. The predicted molar refractivity (Wildman–Crippen MR) is 129 cm³/mol. The van der Waals surface area contributed by atoms with Crippen LogP contribution >= 0.6 is 11.8 Å². The van der Waals surface area contributed by atoms with Crippen molar-refractivity contribution in [3.05, 3.63) is 77.4 Å². The molecule has 4 aromatic rings. The average Bonchev–Trinajstić information content (AvgIpc) is 3.07. The van der Waals surface area contributed by atoms with Crippen molar-refractivity contribution in [2.75, 3.05) is 0 Å². The fraction of sp³-hybridized carbons (Fsp3) is 0.269. The molecule has 0 fully saturated rings. The Morgan fingerprint density at radius 2 is 1.70 bits per heavy atom. The van der Waals surface area contributed by atoms with Crippen molar-refractivity contribution < 1.29 is 18.0 Å². The third-order valence-corrected chi connectivity index (χ3v) is 6.53. The molecular formula is C26H25F3N2OS. The van der Waals surface area contributed by atoms with Gasteiger partial charge in [0.15, 0.2) is 0 Å². The molecule has 4 rings (SSSR count). The summed E-state index contributed by atoms with van der Waals surface area (Å²) < 4.78 is 40.1. The topological polar surface area (TPSA) is 48.0 Å². The fourth-order valence-electron chi connectivity index (χ4n) is 4.28. The van der Waals surface area contributed by atoms with Gasteiger partial charge in [-0.05, 0) is 66.1 Å². The summed E-state index contributed by atoms with van der Waals surface area (Å²) in [5.41, 5.74) is 5.78. The Morgan fingerprint density at radius 1 is 0.970 bits per heavy atom. The highest BCUT2D eigenvalue weighted by molar-refractivity contribution is 8.00. The molecule has 0 bridgehead atoms. The summed E-state index contributed by atoms with van der Waals surface area (Å²) >= 11 is -0.119. The first-order chi connectivity index (χ1) is 15.8. The molecule has 0 spiro atoms. The van der Waals surface area contributed by atoms with Gasteiger partial charge in [0.05, 0.1) is 5.52 Å². The Bertz CT molecular complexity index is 1290. The number of alkyl halides is 3.